The first-order chi connectivity index (χ1) is 7.59. The molecule has 1 aliphatic rings. The Labute approximate surface area is 94.8 Å². The Morgan fingerprint density at radius 2 is 2.31 bits per heavy atom. The Morgan fingerprint density at radius 1 is 1.62 bits per heavy atom. The third-order valence-electron chi connectivity index (χ3n) is 3.21. The third kappa shape index (κ3) is 2.41. The van der Waals surface area contributed by atoms with Gasteiger partial charge in [0.2, 0.25) is 5.91 Å². The van der Waals surface area contributed by atoms with Gasteiger partial charge >= 0.3 is 0 Å². The van der Waals surface area contributed by atoms with Crippen LogP contribution in [0.4, 0.5) is 5.82 Å². The minimum atomic E-state index is -0.294. The van der Waals surface area contributed by atoms with E-state index in [-0.39, 0.29) is 11.4 Å². The van der Waals surface area contributed by atoms with Gasteiger partial charge in [-0.15, -0.1) is 0 Å². The number of rotatable bonds is 3. The Hall–Kier alpha value is -1.36. The van der Waals surface area contributed by atoms with E-state index in [2.05, 4.69) is 15.5 Å². The largest absolute Gasteiger partial charge is 0.325 e. The first-order valence-electron chi connectivity index (χ1n) is 5.68. The Bertz CT molecular complexity index is 379. The third-order valence-corrected chi connectivity index (χ3v) is 3.21. The summed E-state index contributed by atoms with van der Waals surface area (Å²) in [6, 6.07) is 0. The molecule has 0 radical (unpaired) electrons. The molecule has 88 valence electrons. The molecule has 0 aliphatic heterocycles. The lowest BCUT2D eigenvalue weighted by atomic mass is 9.94. The molecule has 0 saturated heterocycles. The van der Waals surface area contributed by atoms with E-state index in [9.17, 15) is 4.79 Å². The molecule has 0 atom stereocenters. The number of amides is 1. The first-order valence-corrected chi connectivity index (χ1v) is 5.68. The molecular formula is C11H18N4O. The summed E-state index contributed by atoms with van der Waals surface area (Å²) in [5.74, 6) is 0.642. The number of hydrogen-bond donors (Lipinski definition) is 3. The summed E-state index contributed by atoms with van der Waals surface area (Å²) in [5.41, 5.74) is 6.78. The normalized spacial score (nSPS) is 18.6. The summed E-state index contributed by atoms with van der Waals surface area (Å²) in [6.45, 7) is 1.90. The number of hydrogen-bond acceptors (Lipinski definition) is 3. The zero-order valence-corrected chi connectivity index (χ0v) is 9.55. The van der Waals surface area contributed by atoms with Crippen LogP contribution in [0.2, 0.25) is 0 Å². The lowest BCUT2D eigenvalue weighted by Crippen LogP contribution is -2.40. The fourth-order valence-corrected chi connectivity index (χ4v) is 2.23. The van der Waals surface area contributed by atoms with Gasteiger partial charge in [-0.2, -0.15) is 5.10 Å². The van der Waals surface area contributed by atoms with Crippen molar-refractivity contribution in [2.75, 3.05) is 5.32 Å². The van der Waals surface area contributed by atoms with E-state index < -0.39 is 0 Å². The van der Waals surface area contributed by atoms with Gasteiger partial charge in [-0.05, 0) is 19.8 Å². The molecule has 5 nitrogen and oxygen atoms in total. The molecule has 1 saturated carbocycles. The van der Waals surface area contributed by atoms with E-state index >= 15 is 0 Å². The highest BCUT2D eigenvalue weighted by atomic mass is 16.1. The van der Waals surface area contributed by atoms with Crippen molar-refractivity contribution in [1.82, 2.24) is 10.2 Å². The van der Waals surface area contributed by atoms with Crippen LogP contribution in [0.25, 0.3) is 0 Å². The average molecular weight is 222 g/mol. The quantitative estimate of drug-likeness (QED) is 0.721. The summed E-state index contributed by atoms with van der Waals surface area (Å²) >= 11 is 0. The zero-order valence-electron chi connectivity index (χ0n) is 9.55. The molecular weight excluding hydrogens is 204 g/mol. The summed E-state index contributed by atoms with van der Waals surface area (Å²) < 4.78 is 0. The number of aryl methyl sites for hydroxylation is 1. The fourth-order valence-electron chi connectivity index (χ4n) is 2.23. The maximum absolute atomic E-state index is 11.8. The minimum Gasteiger partial charge on any atom is -0.325 e. The fraction of sp³-hybridized carbons (Fsp3) is 0.636. The SMILES string of the molecule is Cc1cn[nH]c1NC(=O)CC1(N)CCCC1. The maximum Gasteiger partial charge on any atom is 0.227 e. The molecule has 1 heterocycles. The molecule has 1 aromatic rings. The number of nitrogens with one attached hydrogen (secondary N) is 2. The number of aromatic nitrogens is 2. The molecule has 0 spiro atoms. The van der Waals surface area contributed by atoms with Gasteiger partial charge in [0.1, 0.15) is 5.82 Å². The molecule has 16 heavy (non-hydrogen) atoms. The van der Waals surface area contributed by atoms with Crippen molar-refractivity contribution in [3.8, 4) is 0 Å². The number of carbonyl (C=O) groups is 1. The van der Waals surface area contributed by atoms with Crippen molar-refractivity contribution in [3.05, 3.63) is 11.8 Å². The van der Waals surface area contributed by atoms with E-state index in [0.717, 1.165) is 31.2 Å². The van der Waals surface area contributed by atoms with Gasteiger partial charge in [0.05, 0.1) is 6.20 Å². The Morgan fingerprint density at radius 3 is 2.88 bits per heavy atom. The lowest BCUT2D eigenvalue weighted by molar-refractivity contribution is -0.117. The molecule has 2 rings (SSSR count). The summed E-state index contributed by atoms with van der Waals surface area (Å²) in [7, 11) is 0. The second-order valence-corrected chi connectivity index (χ2v) is 4.72. The number of nitrogens with two attached hydrogens (primary N) is 1. The average Bonchev–Trinajstić information content (AvgIpc) is 2.77. The Kier molecular flexibility index (Phi) is 2.96. The summed E-state index contributed by atoms with van der Waals surface area (Å²) in [4.78, 5) is 11.8. The monoisotopic (exact) mass is 222 g/mol. The zero-order chi connectivity index (χ0) is 11.6. The molecule has 0 aromatic carbocycles. The number of carbonyl (C=O) groups excluding carboxylic acids is 1. The Balaban J connectivity index is 1.92. The van der Waals surface area contributed by atoms with Crippen molar-refractivity contribution in [1.29, 1.82) is 0 Å². The highest BCUT2D eigenvalue weighted by molar-refractivity contribution is 5.91. The van der Waals surface area contributed by atoms with Crippen LogP contribution in [0.3, 0.4) is 0 Å². The molecule has 4 N–H and O–H groups in total. The maximum atomic E-state index is 11.8. The van der Waals surface area contributed by atoms with Crippen LogP contribution in [-0.2, 0) is 4.79 Å². The highest BCUT2D eigenvalue weighted by Gasteiger charge is 2.31. The molecule has 0 unspecified atom stereocenters. The second-order valence-electron chi connectivity index (χ2n) is 4.72. The first kappa shape index (κ1) is 11.1. The predicted octanol–water partition coefficient (Wildman–Crippen LogP) is 1.32. The van der Waals surface area contributed by atoms with Crippen molar-refractivity contribution in [2.45, 2.75) is 44.6 Å². The van der Waals surface area contributed by atoms with Gasteiger partial charge < -0.3 is 11.1 Å². The molecule has 1 amide bonds. The number of nitrogens with zero attached hydrogens (tertiary/aromatic N) is 1. The van der Waals surface area contributed by atoms with E-state index in [1.165, 1.54) is 0 Å². The molecule has 5 heteroatoms. The minimum absolute atomic E-state index is 0.0308. The van der Waals surface area contributed by atoms with Crippen LogP contribution in [0.5, 0.6) is 0 Å². The van der Waals surface area contributed by atoms with Crippen molar-refractivity contribution in [2.24, 2.45) is 5.73 Å². The van der Waals surface area contributed by atoms with E-state index in [1.807, 2.05) is 6.92 Å². The molecule has 1 fully saturated rings. The van der Waals surface area contributed by atoms with Crippen molar-refractivity contribution in [3.63, 3.8) is 0 Å². The topological polar surface area (TPSA) is 83.8 Å². The van der Waals surface area contributed by atoms with Gasteiger partial charge in [0.25, 0.3) is 0 Å². The van der Waals surface area contributed by atoms with E-state index in [1.54, 1.807) is 6.20 Å². The highest BCUT2D eigenvalue weighted by Crippen LogP contribution is 2.30. The number of H-pyrrole nitrogens is 1. The van der Waals surface area contributed by atoms with E-state index in [4.69, 9.17) is 5.73 Å². The molecule has 1 aromatic heterocycles. The van der Waals surface area contributed by atoms with E-state index in [0.29, 0.717) is 12.2 Å². The van der Waals surface area contributed by atoms with Gasteiger partial charge in [0, 0.05) is 17.5 Å². The van der Waals surface area contributed by atoms with Crippen LogP contribution in [0, 0.1) is 6.92 Å². The van der Waals surface area contributed by atoms with Gasteiger partial charge in [0.15, 0.2) is 0 Å². The number of anilines is 1. The number of aromatic amines is 1. The van der Waals surface area contributed by atoms with Crippen LogP contribution in [0.15, 0.2) is 6.20 Å². The lowest BCUT2D eigenvalue weighted by Gasteiger charge is -2.22. The van der Waals surface area contributed by atoms with Crippen LogP contribution >= 0.6 is 0 Å². The predicted molar refractivity (Wildman–Crippen MR) is 62.0 cm³/mol. The van der Waals surface area contributed by atoms with Gasteiger partial charge in [-0.1, -0.05) is 12.8 Å². The summed E-state index contributed by atoms with van der Waals surface area (Å²) in [5, 5.41) is 9.41. The molecule has 0 bridgehead atoms. The van der Waals surface area contributed by atoms with Crippen molar-refractivity contribution >= 4 is 11.7 Å². The second kappa shape index (κ2) is 4.25. The smallest absolute Gasteiger partial charge is 0.227 e. The molecule has 1 aliphatic carbocycles. The standard InChI is InChI=1S/C11H18N4O/c1-8-7-13-15-10(8)14-9(16)6-11(12)4-2-3-5-11/h7H,2-6,12H2,1H3,(H2,13,14,15,16). The van der Waals surface area contributed by atoms with Crippen LogP contribution in [-0.4, -0.2) is 21.6 Å². The van der Waals surface area contributed by atoms with Crippen molar-refractivity contribution < 1.29 is 4.79 Å². The van der Waals surface area contributed by atoms with Crippen LogP contribution < -0.4 is 11.1 Å². The van der Waals surface area contributed by atoms with Crippen LogP contribution in [0.1, 0.15) is 37.7 Å². The van der Waals surface area contributed by atoms with Gasteiger partial charge in [-0.25, -0.2) is 0 Å². The summed E-state index contributed by atoms with van der Waals surface area (Å²) in [6.07, 6.45) is 6.24. The van der Waals surface area contributed by atoms with Gasteiger partial charge in [-0.3, -0.25) is 9.89 Å².